The van der Waals surface area contributed by atoms with Crippen molar-refractivity contribution in [1.29, 1.82) is 0 Å². The molecule has 0 spiro atoms. The van der Waals surface area contributed by atoms with Gasteiger partial charge in [-0.05, 0) is 23.1 Å². The number of methoxy groups -OCH3 is 1. The molecule has 0 aromatic heterocycles. The van der Waals surface area contributed by atoms with Gasteiger partial charge in [-0.15, -0.1) is 0 Å². The Kier molecular flexibility index (Phi) is 3.09. The lowest BCUT2D eigenvalue weighted by molar-refractivity contribution is -0.281. The molecular weight excluding hydrogens is 301 g/mol. The second-order valence-electron chi connectivity index (χ2n) is 6.10. The lowest BCUT2D eigenvalue weighted by Crippen LogP contribution is -2.43. The molecule has 1 heterocycles. The first-order valence-corrected chi connectivity index (χ1v) is 6.78. The van der Waals surface area contributed by atoms with Crippen LogP contribution >= 0.6 is 0 Å². The number of alkyl halides is 3. The normalized spacial score (nSPS) is 30.5. The Morgan fingerprint density at radius 3 is 2.59 bits per heavy atom. The van der Waals surface area contributed by atoms with E-state index in [1.807, 2.05) is 13.8 Å². The molecule has 22 heavy (non-hydrogen) atoms. The van der Waals surface area contributed by atoms with E-state index in [1.54, 1.807) is 6.07 Å². The smallest absolute Gasteiger partial charge is 0.468 e. The summed E-state index contributed by atoms with van der Waals surface area (Å²) in [5.74, 6) is -1.20. The Labute approximate surface area is 125 Å². The van der Waals surface area contributed by atoms with E-state index in [9.17, 15) is 18.0 Å². The second-order valence-corrected chi connectivity index (χ2v) is 6.10. The topological polar surface area (TPSA) is 44.8 Å². The van der Waals surface area contributed by atoms with Gasteiger partial charge < -0.3 is 14.2 Å². The summed E-state index contributed by atoms with van der Waals surface area (Å²) in [5.41, 5.74) is 0.304. The highest BCUT2D eigenvalue weighted by molar-refractivity contribution is 5.79. The van der Waals surface area contributed by atoms with E-state index < -0.39 is 12.5 Å². The van der Waals surface area contributed by atoms with E-state index in [0.29, 0.717) is 5.56 Å². The van der Waals surface area contributed by atoms with Gasteiger partial charge in [0.25, 0.3) is 0 Å². The number of esters is 1. The molecule has 0 radical (unpaired) electrons. The van der Waals surface area contributed by atoms with E-state index in [4.69, 9.17) is 4.74 Å². The second kappa shape index (κ2) is 4.54. The van der Waals surface area contributed by atoms with Gasteiger partial charge in [0.1, 0.15) is 0 Å². The first-order chi connectivity index (χ1) is 10.2. The summed E-state index contributed by atoms with van der Waals surface area (Å²) in [6.45, 7) is 3.78. The molecule has 3 rings (SSSR count). The maximum absolute atomic E-state index is 13.2. The zero-order chi connectivity index (χ0) is 16.3. The minimum atomic E-state index is -4.04. The molecule has 3 unspecified atom stereocenters. The number of carbonyl (C=O) groups is 1. The van der Waals surface area contributed by atoms with Crippen LogP contribution in [0.15, 0.2) is 18.2 Å². The summed E-state index contributed by atoms with van der Waals surface area (Å²) in [7, 11) is 1.31. The lowest BCUT2D eigenvalue weighted by Gasteiger charge is -2.28. The van der Waals surface area contributed by atoms with Crippen molar-refractivity contribution >= 4 is 5.97 Å². The van der Waals surface area contributed by atoms with Gasteiger partial charge in [0.2, 0.25) is 0 Å². The number of hydrogen-bond acceptors (Lipinski definition) is 4. The molecule has 0 amide bonds. The van der Waals surface area contributed by atoms with Gasteiger partial charge >= 0.3 is 18.4 Å². The maximum Gasteiger partial charge on any atom is 0.468 e. The molecule has 1 aromatic carbocycles. The summed E-state index contributed by atoms with van der Waals surface area (Å²) in [5, 5.41) is 0. The van der Waals surface area contributed by atoms with Crippen molar-refractivity contribution in [3.05, 3.63) is 23.8 Å². The van der Waals surface area contributed by atoms with Gasteiger partial charge in [-0.3, -0.25) is 4.79 Å². The molecule has 1 saturated carbocycles. The Balaban J connectivity index is 1.91. The van der Waals surface area contributed by atoms with Crippen LogP contribution in [0.2, 0.25) is 0 Å². The molecule has 1 aliphatic heterocycles. The van der Waals surface area contributed by atoms with Crippen LogP contribution in [0.5, 0.6) is 11.5 Å². The molecule has 0 saturated heterocycles. The Morgan fingerprint density at radius 1 is 1.27 bits per heavy atom. The summed E-state index contributed by atoms with van der Waals surface area (Å²) in [4.78, 5) is 11.8. The largest absolute Gasteiger partial charge is 0.469 e. The van der Waals surface area contributed by atoms with Gasteiger partial charge in [0.15, 0.2) is 11.5 Å². The maximum atomic E-state index is 13.2. The zero-order valence-electron chi connectivity index (χ0n) is 12.2. The average molecular weight is 316 g/mol. The number of halogens is 3. The van der Waals surface area contributed by atoms with Crippen LogP contribution in [0.1, 0.15) is 25.3 Å². The van der Waals surface area contributed by atoms with Gasteiger partial charge in [-0.2, -0.15) is 13.2 Å². The third-order valence-electron chi connectivity index (χ3n) is 4.35. The predicted octanol–water partition coefficient (Wildman–Crippen LogP) is 3.26. The fourth-order valence-corrected chi connectivity index (χ4v) is 3.09. The van der Waals surface area contributed by atoms with Crippen LogP contribution < -0.4 is 9.47 Å². The SMILES string of the molecule is COC(=O)C1C(c2ccc3c(c2)OC(F)(F)C(F)O3)C1(C)C. The van der Waals surface area contributed by atoms with Gasteiger partial charge in [0.05, 0.1) is 13.0 Å². The number of ether oxygens (including phenoxy) is 3. The van der Waals surface area contributed by atoms with Crippen LogP contribution in [0.25, 0.3) is 0 Å². The van der Waals surface area contributed by atoms with E-state index in [-0.39, 0.29) is 34.7 Å². The molecule has 120 valence electrons. The van der Waals surface area contributed by atoms with Crippen molar-refractivity contribution in [2.75, 3.05) is 7.11 Å². The molecule has 3 atom stereocenters. The van der Waals surface area contributed by atoms with Crippen LogP contribution in [0.4, 0.5) is 13.2 Å². The van der Waals surface area contributed by atoms with Crippen molar-refractivity contribution in [3.8, 4) is 11.5 Å². The average Bonchev–Trinajstić information content (AvgIpc) is 3.01. The van der Waals surface area contributed by atoms with Gasteiger partial charge in [-0.25, -0.2) is 0 Å². The van der Waals surface area contributed by atoms with Crippen molar-refractivity contribution in [2.45, 2.75) is 32.2 Å². The third kappa shape index (κ3) is 2.10. The minimum absolute atomic E-state index is 0.0877. The lowest BCUT2D eigenvalue weighted by atomic mass is 10.0. The summed E-state index contributed by atoms with van der Waals surface area (Å²) < 4.78 is 53.2. The number of rotatable bonds is 2. The standard InChI is InChI=1S/C15H15F3O4/c1-14(2)10(11(14)12(19)20-3)7-4-5-8-9(6-7)22-15(17,18)13(16)21-8/h4-6,10-11,13H,1-3H3. The van der Waals surface area contributed by atoms with Crippen molar-refractivity contribution < 1.29 is 32.2 Å². The van der Waals surface area contributed by atoms with Crippen molar-refractivity contribution in [3.63, 3.8) is 0 Å². The first kappa shape index (κ1) is 15.0. The van der Waals surface area contributed by atoms with Crippen LogP contribution in [0, 0.1) is 11.3 Å². The number of benzene rings is 1. The Bertz CT molecular complexity index is 629. The van der Waals surface area contributed by atoms with E-state index >= 15 is 0 Å². The minimum Gasteiger partial charge on any atom is -0.469 e. The van der Waals surface area contributed by atoms with Crippen LogP contribution in [-0.2, 0) is 9.53 Å². The van der Waals surface area contributed by atoms with Gasteiger partial charge in [-0.1, -0.05) is 19.9 Å². The number of fused-ring (bicyclic) bond motifs is 1. The highest BCUT2D eigenvalue weighted by Gasteiger charge is 2.63. The summed E-state index contributed by atoms with van der Waals surface area (Å²) >= 11 is 0. The van der Waals surface area contributed by atoms with Gasteiger partial charge in [0, 0.05) is 5.92 Å². The molecule has 4 nitrogen and oxygen atoms in total. The molecular formula is C15H15F3O4. The molecule has 1 aliphatic carbocycles. The zero-order valence-corrected chi connectivity index (χ0v) is 12.2. The fourth-order valence-electron chi connectivity index (χ4n) is 3.09. The van der Waals surface area contributed by atoms with Crippen molar-refractivity contribution in [2.24, 2.45) is 11.3 Å². The first-order valence-electron chi connectivity index (χ1n) is 6.78. The monoisotopic (exact) mass is 316 g/mol. The highest BCUT2D eigenvalue weighted by Crippen LogP contribution is 2.65. The third-order valence-corrected chi connectivity index (χ3v) is 4.35. The number of hydrogen-bond donors (Lipinski definition) is 0. The van der Waals surface area contributed by atoms with Crippen molar-refractivity contribution in [1.82, 2.24) is 0 Å². The van der Waals surface area contributed by atoms with E-state index in [1.165, 1.54) is 19.2 Å². The molecule has 0 bridgehead atoms. The fraction of sp³-hybridized carbons (Fsp3) is 0.533. The van der Waals surface area contributed by atoms with E-state index in [2.05, 4.69) is 9.47 Å². The Hall–Kier alpha value is -1.92. The Morgan fingerprint density at radius 2 is 1.95 bits per heavy atom. The van der Waals surface area contributed by atoms with Crippen LogP contribution in [-0.4, -0.2) is 25.5 Å². The molecule has 1 aromatic rings. The quantitative estimate of drug-likeness (QED) is 0.786. The predicted molar refractivity (Wildman–Crippen MR) is 69.6 cm³/mol. The summed E-state index contributed by atoms with van der Waals surface area (Å²) in [6.07, 6.45) is -6.88. The summed E-state index contributed by atoms with van der Waals surface area (Å²) in [6, 6.07) is 4.35. The number of carbonyl (C=O) groups excluding carboxylic acids is 1. The van der Waals surface area contributed by atoms with E-state index in [0.717, 1.165) is 0 Å². The highest BCUT2D eigenvalue weighted by atomic mass is 19.3. The molecule has 1 fully saturated rings. The van der Waals surface area contributed by atoms with Crippen LogP contribution in [0.3, 0.4) is 0 Å². The molecule has 7 heteroatoms. The molecule has 0 N–H and O–H groups in total. The molecule has 2 aliphatic rings.